The minimum absolute atomic E-state index is 0.217. The highest BCUT2D eigenvalue weighted by atomic mass is 79.9. The maximum absolute atomic E-state index is 12.6. The van der Waals surface area contributed by atoms with E-state index in [9.17, 15) is 4.79 Å². The molecule has 1 saturated carbocycles. The lowest BCUT2D eigenvalue weighted by molar-refractivity contribution is -0.130. The molecule has 2 nitrogen and oxygen atoms in total. The first-order chi connectivity index (χ1) is 9.12. The summed E-state index contributed by atoms with van der Waals surface area (Å²) in [5.41, 5.74) is 0.883. The van der Waals surface area contributed by atoms with Crippen molar-refractivity contribution in [2.24, 2.45) is 0 Å². The van der Waals surface area contributed by atoms with Crippen molar-refractivity contribution in [2.45, 2.75) is 57.4 Å². The third-order valence-electron chi connectivity index (χ3n) is 4.36. The molecule has 0 unspecified atom stereocenters. The topological polar surface area (TPSA) is 29.1 Å². The zero-order valence-electron chi connectivity index (χ0n) is 11.7. The molecule has 0 saturated heterocycles. The molecule has 0 heterocycles. The number of amides is 1. The summed E-state index contributed by atoms with van der Waals surface area (Å²) in [6, 6.07) is 8.52. The molecule has 1 aromatic carbocycles. The number of benzene rings is 1. The van der Waals surface area contributed by atoms with Gasteiger partial charge in [-0.3, -0.25) is 4.79 Å². The van der Waals surface area contributed by atoms with E-state index in [1.807, 2.05) is 12.1 Å². The van der Waals surface area contributed by atoms with Crippen molar-refractivity contribution in [2.75, 3.05) is 0 Å². The van der Waals surface area contributed by atoms with Crippen molar-refractivity contribution in [1.82, 2.24) is 5.32 Å². The van der Waals surface area contributed by atoms with Crippen LogP contribution in [-0.4, -0.2) is 11.9 Å². The van der Waals surface area contributed by atoms with Gasteiger partial charge in [-0.2, -0.15) is 0 Å². The van der Waals surface area contributed by atoms with E-state index in [-0.39, 0.29) is 11.3 Å². The van der Waals surface area contributed by atoms with Crippen LogP contribution < -0.4 is 5.32 Å². The van der Waals surface area contributed by atoms with E-state index in [1.165, 1.54) is 0 Å². The fraction of sp³-hybridized carbons (Fsp3) is 0.562. The summed E-state index contributed by atoms with van der Waals surface area (Å²) in [4.78, 5) is 12.6. The third kappa shape index (κ3) is 2.86. The first-order valence-electron chi connectivity index (χ1n) is 7.19. The van der Waals surface area contributed by atoms with Crippen molar-refractivity contribution in [3.8, 4) is 0 Å². The highest BCUT2D eigenvalue weighted by Gasteiger charge is 2.45. The lowest BCUT2D eigenvalue weighted by Gasteiger charge is -2.41. The molecule has 2 rings (SSSR count). The number of hydrogen-bond donors (Lipinski definition) is 1. The predicted molar refractivity (Wildman–Crippen MR) is 82.2 cm³/mol. The van der Waals surface area contributed by atoms with Gasteiger partial charge in [-0.1, -0.05) is 48.3 Å². The first kappa shape index (κ1) is 14.6. The van der Waals surface area contributed by atoms with Crippen molar-refractivity contribution < 1.29 is 4.79 Å². The molecule has 1 amide bonds. The second kappa shape index (κ2) is 6.08. The first-order valence-corrected chi connectivity index (χ1v) is 7.98. The molecule has 0 aromatic heterocycles. The van der Waals surface area contributed by atoms with Crippen LogP contribution in [0, 0.1) is 0 Å². The number of carbonyl (C=O) groups excluding carboxylic acids is 1. The number of hydrogen-bond acceptors (Lipinski definition) is 1. The molecule has 1 aliphatic carbocycles. The Morgan fingerprint density at radius 1 is 1.26 bits per heavy atom. The highest BCUT2D eigenvalue weighted by Crippen LogP contribution is 2.44. The second-order valence-electron chi connectivity index (χ2n) is 5.43. The zero-order valence-corrected chi connectivity index (χ0v) is 13.3. The van der Waals surface area contributed by atoms with Crippen LogP contribution in [0.2, 0.25) is 0 Å². The average Bonchev–Trinajstić information content (AvgIpc) is 2.37. The summed E-state index contributed by atoms with van der Waals surface area (Å²) in [6.07, 6.45) is 5.09. The molecule has 3 heteroatoms. The molecular formula is C16H22BrNO. The average molecular weight is 324 g/mol. The minimum atomic E-state index is -0.275. The van der Waals surface area contributed by atoms with Crippen LogP contribution in [0.25, 0.3) is 0 Å². The van der Waals surface area contributed by atoms with Crippen molar-refractivity contribution in [3.63, 3.8) is 0 Å². The summed E-state index contributed by atoms with van der Waals surface area (Å²) in [6.45, 7) is 4.25. The Morgan fingerprint density at radius 3 is 2.26 bits per heavy atom. The van der Waals surface area contributed by atoms with Gasteiger partial charge in [0.2, 0.25) is 5.91 Å². The molecule has 0 aliphatic heterocycles. The van der Waals surface area contributed by atoms with E-state index < -0.39 is 0 Å². The van der Waals surface area contributed by atoms with Crippen molar-refractivity contribution in [3.05, 3.63) is 34.3 Å². The Labute approximate surface area is 124 Å². The van der Waals surface area contributed by atoms with Gasteiger partial charge in [0.1, 0.15) is 0 Å². The number of carbonyl (C=O) groups is 1. The van der Waals surface area contributed by atoms with Gasteiger partial charge in [-0.15, -0.1) is 0 Å². The van der Waals surface area contributed by atoms with E-state index in [4.69, 9.17) is 0 Å². The normalized spacial score (nSPS) is 17.1. The maximum atomic E-state index is 12.6. The highest BCUT2D eigenvalue weighted by molar-refractivity contribution is 9.10. The second-order valence-corrected chi connectivity index (χ2v) is 6.35. The molecule has 0 spiro atoms. The lowest BCUT2D eigenvalue weighted by Crippen LogP contribution is -2.51. The largest absolute Gasteiger partial charge is 0.353 e. The SMILES string of the molecule is CCC(CC)NC(=O)C1(c2ccc(Br)cc2)CCC1. The Balaban J connectivity index is 2.18. The van der Waals surface area contributed by atoms with E-state index in [2.05, 4.69) is 47.2 Å². The third-order valence-corrected chi connectivity index (χ3v) is 4.89. The summed E-state index contributed by atoms with van der Waals surface area (Å²) in [5, 5.41) is 3.22. The van der Waals surface area contributed by atoms with Crippen molar-refractivity contribution in [1.29, 1.82) is 0 Å². The summed E-state index contributed by atoms with van der Waals surface area (Å²) in [5.74, 6) is 0.217. The molecule has 1 aromatic rings. The summed E-state index contributed by atoms with van der Waals surface area (Å²) >= 11 is 3.45. The van der Waals surface area contributed by atoms with Gasteiger partial charge >= 0.3 is 0 Å². The fourth-order valence-electron chi connectivity index (χ4n) is 2.76. The number of nitrogens with one attached hydrogen (secondary N) is 1. The Bertz CT molecular complexity index is 433. The van der Waals surface area contributed by atoms with Gasteiger partial charge in [0.05, 0.1) is 5.41 Å². The number of halogens is 1. The number of rotatable bonds is 5. The van der Waals surface area contributed by atoms with Crippen LogP contribution in [0.15, 0.2) is 28.7 Å². The van der Waals surface area contributed by atoms with Gasteiger partial charge in [-0.25, -0.2) is 0 Å². The molecule has 1 fully saturated rings. The summed E-state index contributed by atoms with van der Waals surface area (Å²) < 4.78 is 1.06. The van der Waals surface area contributed by atoms with Crippen LogP contribution in [0.3, 0.4) is 0 Å². The maximum Gasteiger partial charge on any atom is 0.230 e. The predicted octanol–water partition coefficient (Wildman–Crippen LogP) is 4.18. The molecule has 0 radical (unpaired) electrons. The Hall–Kier alpha value is -0.830. The molecule has 1 N–H and O–H groups in total. The molecule has 0 atom stereocenters. The quantitative estimate of drug-likeness (QED) is 0.865. The fourth-order valence-corrected chi connectivity index (χ4v) is 3.03. The van der Waals surface area contributed by atoms with E-state index >= 15 is 0 Å². The smallest absolute Gasteiger partial charge is 0.230 e. The van der Waals surface area contributed by atoms with E-state index in [0.717, 1.165) is 42.1 Å². The van der Waals surface area contributed by atoms with Crippen LogP contribution in [0.5, 0.6) is 0 Å². The standard InChI is InChI=1S/C16H22BrNO/c1-3-14(4-2)18-15(19)16(10-5-11-16)12-6-8-13(17)9-7-12/h6-9,14H,3-5,10-11H2,1-2H3,(H,18,19). The van der Waals surface area contributed by atoms with Gasteiger partial charge < -0.3 is 5.32 Å². The van der Waals surface area contributed by atoms with Gasteiger partial charge in [0.25, 0.3) is 0 Å². The van der Waals surface area contributed by atoms with Gasteiger partial charge in [0, 0.05) is 10.5 Å². The Morgan fingerprint density at radius 2 is 1.84 bits per heavy atom. The van der Waals surface area contributed by atoms with Gasteiger partial charge in [-0.05, 0) is 43.4 Å². The molecular weight excluding hydrogens is 302 g/mol. The minimum Gasteiger partial charge on any atom is -0.353 e. The van der Waals surface area contributed by atoms with E-state index in [0.29, 0.717) is 6.04 Å². The molecule has 104 valence electrons. The molecule has 0 bridgehead atoms. The monoisotopic (exact) mass is 323 g/mol. The lowest BCUT2D eigenvalue weighted by atomic mass is 9.63. The Kier molecular flexibility index (Phi) is 4.67. The van der Waals surface area contributed by atoms with Crippen LogP contribution in [-0.2, 0) is 10.2 Å². The van der Waals surface area contributed by atoms with Crippen molar-refractivity contribution >= 4 is 21.8 Å². The zero-order chi connectivity index (χ0) is 13.9. The van der Waals surface area contributed by atoms with Gasteiger partial charge in [0.15, 0.2) is 0 Å². The summed E-state index contributed by atoms with van der Waals surface area (Å²) in [7, 11) is 0. The molecule has 19 heavy (non-hydrogen) atoms. The van der Waals surface area contributed by atoms with Crippen LogP contribution >= 0.6 is 15.9 Å². The molecule has 1 aliphatic rings. The van der Waals surface area contributed by atoms with E-state index in [1.54, 1.807) is 0 Å². The van der Waals surface area contributed by atoms with Crippen LogP contribution in [0.4, 0.5) is 0 Å². The van der Waals surface area contributed by atoms with Crippen LogP contribution in [0.1, 0.15) is 51.5 Å².